The van der Waals surface area contributed by atoms with E-state index >= 15 is 0 Å². The highest BCUT2D eigenvalue weighted by Gasteiger charge is 2.25. The van der Waals surface area contributed by atoms with Gasteiger partial charge in [-0.3, -0.25) is 4.90 Å². The number of rotatable bonds is 7. The number of halogens is 1. The molecule has 4 nitrogen and oxygen atoms in total. The molecule has 0 amide bonds. The molecule has 2 unspecified atom stereocenters. The van der Waals surface area contributed by atoms with E-state index in [0.29, 0.717) is 23.9 Å². The number of aliphatic hydroxyl groups is 1. The van der Waals surface area contributed by atoms with Gasteiger partial charge in [-0.05, 0) is 38.4 Å². The Labute approximate surface area is 125 Å². The fraction of sp³-hybridized carbons (Fsp3) is 0.625. The Bertz CT molecular complexity index is 450. The molecule has 21 heavy (non-hydrogen) atoms. The average Bonchev–Trinajstić information content (AvgIpc) is 2.99. The van der Waals surface area contributed by atoms with E-state index in [0.717, 1.165) is 19.5 Å². The molecular weight excluding hydrogens is 271 g/mol. The topological polar surface area (TPSA) is 44.7 Å². The number of nitrogens with one attached hydrogen (secondary N) is 1. The lowest BCUT2D eigenvalue weighted by molar-refractivity contribution is 0.143. The summed E-state index contributed by atoms with van der Waals surface area (Å²) >= 11 is 0. The van der Waals surface area contributed by atoms with E-state index < -0.39 is 0 Å². The Hall–Kier alpha value is -1.17. The molecule has 1 saturated heterocycles. The van der Waals surface area contributed by atoms with E-state index in [1.807, 2.05) is 6.92 Å². The van der Waals surface area contributed by atoms with Gasteiger partial charge in [0.15, 0.2) is 0 Å². The minimum absolute atomic E-state index is 0.0633. The highest BCUT2D eigenvalue weighted by molar-refractivity contribution is 5.37. The third-order valence-electron chi connectivity index (χ3n) is 4.20. The maximum absolute atomic E-state index is 14.2. The van der Waals surface area contributed by atoms with Crippen molar-refractivity contribution in [2.75, 3.05) is 33.4 Å². The van der Waals surface area contributed by atoms with Crippen LogP contribution in [0.4, 0.5) is 4.39 Å². The summed E-state index contributed by atoms with van der Waals surface area (Å²) in [6, 6.07) is 5.16. The highest BCUT2D eigenvalue weighted by Crippen LogP contribution is 2.31. The molecule has 118 valence electrons. The Morgan fingerprint density at radius 3 is 2.95 bits per heavy atom. The van der Waals surface area contributed by atoms with E-state index in [-0.39, 0.29) is 18.5 Å². The summed E-state index contributed by atoms with van der Waals surface area (Å²) in [6.45, 7) is 4.39. The van der Waals surface area contributed by atoms with Crippen LogP contribution in [0.3, 0.4) is 0 Å². The van der Waals surface area contributed by atoms with Gasteiger partial charge in [-0.25, -0.2) is 4.39 Å². The molecule has 1 fully saturated rings. The van der Waals surface area contributed by atoms with Gasteiger partial charge < -0.3 is 15.2 Å². The summed E-state index contributed by atoms with van der Waals surface area (Å²) in [5.74, 6) is 0.300. The van der Waals surface area contributed by atoms with Crippen molar-refractivity contribution in [2.24, 2.45) is 0 Å². The van der Waals surface area contributed by atoms with Crippen molar-refractivity contribution < 1.29 is 14.2 Å². The van der Waals surface area contributed by atoms with Crippen LogP contribution < -0.4 is 10.1 Å². The highest BCUT2D eigenvalue weighted by atomic mass is 19.1. The van der Waals surface area contributed by atoms with Crippen molar-refractivity contribution in [1.29, 1.82) is 0 Å². The van der Waals surface area contributed by atoms with Gasteiger partial charge in [-0.1, -0.05) is 6.07 Å². The monoisotopic (exact) mass is 296 g/mol. The van der Waals surface area contributed by atoms with Crippen LogP contribution in [0.1, 0.15) is 31.4 Å². The quantitative estimate of drug-likeness (QED) is 0.807. The number of hydrogen-bond acceptors (Lipinski definition) is 4. The fourth-order valence-electron chi connectivity index (χ4n) is 3.05. The molecule has 1 aromatic rings. The lowest BCUT2D eigenvalue weighted by Gasteiger charge is -2.32. The molecule has 2 rings (SSSR count). The summed E-state index contributed by atoms with van der Waals surface area (Å²) in [4.78, 5) is 2.12. The van der Waals surface area contributed by atoms with Gasteiger partial charge in [-0.15, -0.1) is 0 Å². The number of benzene rings is 1. The van der Waals surface area contributed by atoms with Crippen LogP contribution >= 0.6 is 0 Å². The van der Waals surface area contributed by atoms with E-state index in [1.54, 1.807) is 19.2 Å². The maximum atomic E-state index is 14.2. The second-order valence-electron chi connectivity index (χ2n) is 5.54. The average molecular weight is 296 g/mol. The first-order valence-corrected chi connectivity index (χ1v) is 7.58. The first kappa shape index (κ1) is 16.2. The van der Waals surface area contributed by atoms with Crippen LogP contribution in [-0.2, 0) is 0 Å². The Kier molecular flexibility index (Phi) is 5.96. The predicted molar refractivity (Wildman–Crippen MR) is 81.1 cm³/mol. The van der Waals surface area contributed by atoms with E-state index in [9.17, 15) is 9.50 Å². The van der Waals surface area contributed by atoms with Crippen molar-refractivity contribution >= 4 is 0 Å². The second kappa shape index (κ2) is 7.73. The van der Waals surface area contributed by atoms with Crippen molar-refractivity contribution in [3.05, 3.63) is 29.6 Å². The molecular formula is C16H25FN2O2. The Balaban J connectivity index is 2.18. The van der Waals surface area contributed by atoms with E-state index in [4.69, 9.17) is 4.74 Å². The lowest BCUT2D eigenvalue weighted by atomic mass is 10.0. The third-order valence-corrected chi connectivity index (χ3v) is 4.20. The van der Waals surface area contributed by atoms with E-state index in [1.165, 1.54) is 12.5 Å². The second-order valence-corrected chi connectivity index (χ2v) is 5.54. The zero-order valence-electron chi connectivity index (χ0n) is 12.8. The standard InChI is InChI=1S/C16H25FN2O2/c1-12(16-14(17)6-3-7-15(16)21-2)19(9-10-20)11-13-5-4-8-18-13/h3,6-7,12-13,18,20H,4-5,8-11H2,1-2H3. The van der Waals surface area contributed by atoms with Crippen molar-refractivity contribution in [3.63, 3.8) is 0 Å². The molecule has 0 aromatic heterocycles. The molecule has 0 saturated carbocycles. The normalized spacial score (nSPS) is 20.0. The maximum Gasteiger partial charge on any atom is 0.131 e. The molecule has 5 heteroatoms. The number of nitrogens with zero attached hydrogens (tertiary/aromatic N) is 1. The number of methoxy groups -OCH3 is 1. The van der Waals surface area contributed by atoms with Crippen LogP contribution in [0.2, 0.25) is 0 Å². The zero-order chi connectivity index (χ0) is 15.2. The van der Waals surface area contributed by atoms with Crippen LogP contribution in [-0.4, -0.2) is 49.4 Å². The molecule has 1 aliphatic rings. The molecule has 0 radical (unpaired) electrons. The summed E-state index contributed by atoms with van der Waals surface area (Å²) in [7, 11) is 1.56. The Morgan fingerprint density at radius 2 is 2.33 bits per heavy atom. The molecule has 1 aliphatic heterocycles. The summed E-state index contributed by atoms with van der Waals surface area (Å²) in [5, 5.41) is 12.8. The van der Waals surface area contributed by atoms with Gasteiger partial charge in [0.05, 0.1) is 13.7 Å². The minimum atomic E-state index is -0.260. The van der Waals surface area contributed by atoms with E-state index in [2.05, 4.69) is 10.2 Å². The predicted octanol–water partition coefficient (Wildman–Crippen LogP) is 1.94. The smallest absolute Gasteiger partial charge is 0.131 e. The van der Waals surface area contributed by atoms with Crippen LogP contribution in [0.5, 0.6) is 5.75 Å². The summed E-state index contributed by atoms with van der Waals surface area (Å²) < 4.78 is 19.5. The SMILES string of the molecule is COc1cccc(F)c1C(C)N(CCO)CC1CCCN1. The largest absolute Gasteiger partial charge is 0.496 e. The number of hydrogen-bond donors (Lipinski definition) is 2. The van der Waals surface area contributed by atoms with Crippen LogP contribution in [0, 0.1) is 5.82 Å². The first-order chi connectivity index (χ1) is 10.2. The molecule has 2 atom stereocenters. The number of ether oxygens (including phenoxy) is 1. The lowest BCUT2D eigenvalue weighted by Crippen LogP contribution is -2.40. The van der Waals surface area contributed by atoms with Gasteiger partial charge in [-0.2, -0.15) is 0 Å². The molecule has 1 aromatic carbocycles. The van der Waals surface area contributed by atoms with Crippen molar-refractivity contribution in [3.8, 4) is 5.75 Å². The van der Waals surface area contributed by atoms with Gasteiger partial charge in [0.25, 0.3) is 0 Å². The fourth-order valence-corrected chi connectivity index (χ4v) is 3.05. The molecule has 1 heterocycles. The molecule has 0 bridgehead atoms. The van der Waals surface area contributed by atoms with Gasteiger partial charge >= 0.3 is 0 Å². The third kappa shape index (κ3) is 3.93. The van der Waals surface area contributed by atoms with Crippen molar-refractivity contribution in [1.82, 2.24) is 10.2 Å². The van der Waals surface area contributed by atoms with Crippen LogP contribution in [0.25, 0.3) is 0 Å². The van der Waals surface area contributed by atoms with Gasteiger partial charge in [0.1, 0.15) is 11.6 Å². The zero-order valence-corrected chi connectivity index (χ0v) is 12.8. The molecule has 2 N–H and O–H groups in total. The van der Waals surface area contributed by atoms with Gasteiger partial charge in [0.2, 0.25) is 0 Å². The summed E-state index contributed by atoms with van der Waals surface area (Å²) in [6.07, 6.45) is 2.30. The van der Waals surface area contributed by atoms with Gasteiger partial charge in [0, 0.05) is 30.7 Å². The minimum Gasteiger partial charge on any atom is -0.496 e. The molecule has 0 aliphatic carbocycles. The van der Waals surface area contributed by atoms with Crippen molar-refractivity contribution in [2.45, 2.75) is 31.8 Å². The first-order valence-electron chi connectivity index (χ1n) is 7.58. The Morgan fingerprint density at radius 1 is 1.52 bits per heavy atom. The summed E-state index contributed by atoms with van der Waals surface area (Å²) in [5.41, 5.74) is 0.562. The number of aliphatic hydroxyl groups excluding tert-OH is 1. The molecule has 0 spiro atoms. The van der Waals surface area contributed by atoms with Crippen LogP contribution in [0.15, 0.2) is 18.2 Å².